The molecular formula is C61H39NO2. The van der Waals surface area contributed by atoms with E-state index in [4.69, 9.17) is 8.83 Å². The second-order valence-electron chi connectivity index (χ2n) is 16.7. The van der Waals surface area contributed by atoms with Gasteiger partial charge in [-0.2, -0.15) is 0 Å². The van der Waals surface area contributed by atoms with Gasteiger partial charge in [0.2, 0.25) is 0 Å². The average Bonchev–Trinajstić information content (AvgIpc) is 4.04. The van der Waals surface area contributed by atoms with Crippen molar-refractivity contribution in [1.82, 2.24) is 0 Å². The Morgan fingerprint density at radius 1 is 0.328 bits per heavy atom. The highest BCUT2D eigenvalue weighted by atomic mass is 16.3. The predicted octanol–water partition coefficient (Wildman–Crippen LogP) is 16.7. The third-order valence-electron chi connectivity index (χ3n) is 13.3. The fourth-order valence-electron chi connectivity index (χ4n) is 10.7. The third kappa shape index (κ3) is 5.34. The number of anilines is 3. The van der Waals surface area contributed by atoms with Crippen molar-refractivity contribution in [3.63, 3.8) is 0 Å². The van der Waals surface area contributed by atoms with Crippen LogP contribution >= 0.6 is 0 Å². The molecule has 10 aromatic carbocycles. The molecule has 0 fully saturated rings. The number of para-hydroxylation sites is 4. The molecule has 0 atom stereocenters. The summed E-state index contributed by atoms with van der Waals surface area (Å²) in [6.45, 7) is 0. The molecule has 0 aliphatic heterocycles. The van der Waals surface area contributed by atoms with Crippen molar-refractivity contribution >= 4 is 60.9 Å². The lowest BCUT2D eigenvalue weighted by molar-refractivity contribution is 0.669. The summed E-state index contributed by atoms with van der Waals surface area (Å²) in [6, 6.07) is 85.3. The lowest BCUT2D eigenvalue weighted by Gasteiger charge is -2.34. The van der Waals surface area contributed by atoms with Gasteiger partial charge in [0.05, 0.1) is 11.1 Å². The van der Waals surface area contributed by atoms with E-state index in [1.165, 1.54) is 33.4 Å². The summed E-state index contributed by atoms with van der Waals surface area (Å²) in [5.41, 5.74) is 17.8. The number of fused-ring (bicyclic) bond motifs is 9. The molecule has 3 nitrogen and oxygen atoms in total. The van der Waals surface area contributed by atoms with E-state index in [9.17, 15) is 0 Å². The second-order valence-corrected chi connectivity index (χ2v) is 16.7. The zero-order chi connectivity index (χ0) is 42.2. The number of nitrogens with zero attached hydrogens (tertiary/aromatic N) is 1. The zero-order valence-corrected chi connectivity index (χ0v) is 34.8. The topological polar surface area (TPSA) is 29.5 Å². The summed E-state index contributed by atoms with van der Waals surface area (Å²) in [5, 5.41) is 4.46. The molecule has 64 heavy (non-hydrogen) atoms. The molecule has 0 N–H and O–H groups in total. The van der Waals surface area contributed by atoms with E-state index in [2.05, 4.69) is 229 Å². The Morgan fingerprint density at radius 3 is 1.34 bits per heavy atom. The van der Waals surface area contributed by atoms with E-state index >= 15 is 0 Å². The largest absolute Gasteiger partial charge is 0.455 e. The van der Waals surface area contributed by atoms with Gasteiger partial charge >= 0.3 is 0 Å². The Balaban J connectivity index is 1.08. The molecule has 0 saturated carbocycles. The van der Waals surface area contributed by atoms with Crippen LogP contribution in [0.1, 0.15) is 22.3 Å². The Hall–Kier alpha value is -8.40. The fraction of sp³-hybridized carbons (Fsp3) is 0.0164. The van der Waals surface area contributed by atoms with Crippen LogP contribution in [0.15, 0.2) is 245 Å². The van der Waals surface area contributed by atoms with Gasteiger partial charge in [0, 0.05) is 49.6 Å². The molecule has 2 aromatic heterocycles. The molecule has 1 aliphatic carbocycles. The van der Waals surface area contributed by atoms with Gasteiger partial charge in [0.1, 0.15) is 22.3 Å². The summed E-state index contributed by atoms with van der Waals surface area (Å²) in [4.78, 5) is 2.45. The van der Waals surface area contributed by atoms with Gasteiger partial charge in [-0.1, -0.05) is 194 Å². The number of benzene rings is 10. The van der Waals surface area contributed by atoms with Crippen LogP contribution in [0.25, 0.3) is 77.3 Å². The van der Waals surface area contributed by atoms with Crippen molar-refractivity contribution in [2.75, 3.05) is 4.90 Å². The van der Waals surface area contributed by atoms with Gasteiger partial charge in [-0.3, -0.25) is 0 Å². The van der Waals surface area contributed by atoms with Crippen LogP contribution in [0.3, 0.4) is 0 Å². The molecule has 0 saturated heterocycles. The molecule has 300 valence electrons. The van der Waals surface area contributed by atoms with Gasteiger partial charge in [-0.25, -0.2) is 0 Å². The summed E-state index contributed by atoms with van der Waals surface area (Å²) >= 11 is 0. The normalized spacial score (nSPS) is 12.8. The SMILES string of the molecule is c1ccc(C2(c3ccccc3)c3ccccc3-c3c(N(c4cccc(-c5cccc6c5oc5ccccc56)c4)c4cccc(-c5cccc6c5oc5ccccc56)c4)cccc32)cc1. The van der Waals surface area contributed by atoms with Gasteiger partial charge in [-0.15, -0.1) is 0 Å². The molecule has 1 aliphatic rings. The smallest absolute Gasteiger partial charge is 0.143 e. The van der Waals surface area contributed by atoms with Gasteiger partial charge in [-0.05, 0) is 81.4 Å². The minimum Gasteiger partial charge on any atom is -0.455 e. The highest BCUT2D eigenvalue weighted by Gasteiger charge is 2.47. The van der Waals surface area contributed by atoms with Crippen molar-refractivity contribution in [3.8, 4) is 33.4 Å². The third-order valence-corrected chi connectivity index (χ3v) is 13.3. The van der Waals surface area contributed by atoms with Crippen molar-refractivity contribution in [2.45, 2.75) is 5.41 Å². The Morgan fingerprint density at radius 2 is 0.766 bits per heavy atom. The second kappa shape index (κ2) is 14.3. The first kappa shape index (κ1) is 36.3. The fourth-order valence-corrected chi connectivity index (χ4v) is 10.7. The van der Waals surface area contributed by atoms with Crippen LogP contribution in [0.4, 0.5) is 17.1 Å². The molecule has 13 rings (SSSR count). The molecule has 0 unspecified atom stereocenters. The lowest BCUT2D eigenvalue weighted by Crippen LogP contribution is -2.28. The van der Waals surface area contributed by atoms with Crippen molar-refractivity contribution < 1.29 is 8.83 Å². The summed E-state index contributed by atoms with van der Waals surface area (Å²) in [7, 11) is 0. The van der Waals surface area contributed by atoms with Crippen molar-refractivity contribution in [2.24, 2.45) is 0 Å². The average molecular weight is 818 g/mol. The van der Waals surface area contributed by atoms with Gasteiger partial charge in [0.25, 0.3) is 0 Å². The highest BCUT2D eigenvalue weighted by molar-refractivity contribution is 6.11. The number of furan rings is 2. The first-order chi connectivity index (χ1) is 31.8. The Labute approximate surface area is 370 Å². The molecule has 0 amide bonds. The van der Waals surface area contributed by atoms with E-state index in [1.54, 1.807) is 0 Å². The molecule has 2 heterocycles. The molecular weight excluding hydrogens is 779 g/mol. The maximum atomic E-state index is 6.61. The number of hydrogen-bond acceptors (Lipinski definition) is 3. The van der Waals surface area contributed by atoms with Crippen LogP contribution in [0.2, 0.25) is 0 Å². The van der Waals surface area contributed by atoms with Crippen LogP contribution in [-0.2, 0) is 5.41 Å². The highest BCUT2D eigenvalue weighted by Crippen LogP contribution is 2.59. The maximum absolute atomic E-state index is 6.61. The zero-order valence-electron chi connectivity index (χ0n) is 34.8. The monoisotopic (exact) mass is 817 g/mol. The molecule has 0 bridgehead atoms. The molecule has 0 spiro atoms. The molecule has 12 aromatic rings. The van der Waals surface area contributed by atoms with E-state index in [-0.39, 0.29) is 0 Å². The minimum atomic E-state index is -0.548. The van der Waals surface area contributed by atoms with Crippen molar-refractivity contribution in [3.05, 3.63) is 259 Å². The van der Waals surface area contributed by atoms with E-state index in [0.717, 1.165) is 83.2 Å². The summed E-state index contributed by atoms with van der Waals surface area (Å²) in [6.07, 6.45) is 0. The molecule has 0 radical (unpaired) electrons. The Bertz CT molecular complexity index is 3550. The predicted molar refractivity (Wildman–Crippen MR) is 264 cm³/mol. The van der Waals surface area contributed by atoms with E-state index in [0.29, 0.717) is 0 Å². The standard InChI is InChI=1S/C61H39NO2/c1-3-20-42(21-4-1)61(43-22-5-2-6-23-43)53-33-10-7-28-52(53)58-54(61)34-17-35-55(58)62(44-24-13-18-40(38-44)46-29-15-31-50-48-26-8-11-36-56(48)63-59(46)50)45-25-14-19-41(39-45)47-30-16-32-51-49-27-9-12-37-57(49)64-60(47)51/h1-39H. The van der Waals surface area contributed by atoms with Crippen LogP contribution in [0.5, 0.6) is 0 Å². The number of hydrogen-bond donors (Lipinski definition) is 0. The minimum absolute atomic E-state index is 0.548. The maximum Gasteiger partial charge on any atom is 0.143 e. The quantitative estimate of drug-likeness (QED) is 0.160. The Kier molecular flexibility index (Phi) is 8.13. The summed E-state index contributed by atoms with van der Waals surface area (Å²) < 4.78 is 13.2. The van der Waals surface area contributed by atoms with Crippen LogP contribution in [0, 0.1) is 0 Å². The van der Waals surface area contributed by atoms with Gasteiger partial charge in [0.15, 0.2) is 0 Å². The van der Waals surface area contributed by atoms with Gasteiger partial charge < -0.3 is 13.7 Å². The number of rotatable bonds is 7. The first-order valence-electron chi connectivity index (χ1n) is 21.9. The van der Waals surface area contributed by atoms with Crippen LogP contribution < -0.4 is 4.90 Å². The lowest BCUT2D eigenvalue weighted by atomic mass is 9.68. The summed E-state index contributed by atoms with van der Waals surface area (Å²) in [5.74, 6) is 0. The van der Waals surface area contributed by atoms with E-state index < -0.39 is 5.41 Å². The first-order valence-corrected chi connectivity index (χ1v) is 21.9. The van der Waals surface area contributed by atoms with Crippen molar-refractivity contribution in [1.29, 1.82) is 0 Å². The molecule has 3 heteroatoms. The van der Waals surface area contributed by atoms with Crippen LogP contribution in [-0.4, -0.2) is 0 Å². The van der Waals surface area contributed by atoms with E-state index in [1.807, 2.05) is 12.1 Å².